The van der Waals surface area contributed by atoms with Crippen molar-refractivity contribution in [3.63, 3.8) is 0 Å². The van der Waals surface area contributed by atoms with E-state index in [4.69, 9.17) is 9.72 Å². The summed E-state index contributed by atoms with van der Waals surface area (Å²) in [5, 5.41) is 0.624. The lowest BCUT2D eigenvalue weighted by atomic mass is 10.1. The van der Waals surface area contributed by atoms with Crippen molar-refractivity contribution in [2.24, 2.45) is 0 Å². The van der Waals surface area contributed by atoms with Gasteiger partial charge in [-0.1, -0.05) is 12.5 Å². The molecule has 2 aromatic heterocycles. The number of ether oxygens (including phenoxy) is 1. The molecular weight excluding hydrogens is 424 g/mol. The van der Waals surface area contributed by atoms with E-state index in [0.717, 1.165) is 68.1 Å². The molecule has 0 aliphatic carbocycles. The molecule has 0 bridgehead atoms. The fraction of sp³-hybridized carbons (Fsp3) is 0.458. The van der Waals surface area contributed by atoms with Crippen LogP contribution >= 0.6 is 11.3 Å². The first-order valence-electron chi connectivity index (χ1n) is 11.3. The molecule has 32 heavy (non-hydrogen) atoms. The molecule has 0 N–H and O–H groups in total. The molecule has 0 saturated carbocycles. The maximum absolute atomic E-state index is 13.4. The number of carbonyl (C=O) groups is 1. The van der Waals surface area contributed by atoms with Crippen LogP contribution in [0.4, 0.5) is 5.69 Å². The van der Waals surface area contributed by atoms with Crippen LogP contribution in [0.5, 0.6) is 5.75 Å². The van der Waals surface area contributed by atoms with E-state index in [-0.39, 0.29) is 11.5 Å². The Morgan fingerprint density at radius 3 is 2.69 bits per heavy atom. The molecule has 168 valence electrons. The zero-order valence-electron chi connectivity index (χ0n) is 18.6. The Kier molecular flexibility index (Phi) is 5.63. The van der Waals surface area contributed by atoms with Gasteiger partial charge in [-0.05, 0) is 37.5 Å². The number of aryl methyl sites for hydroxylation is 2. The van der Waals surface area contributed by atoms with Gasteiger partial charge in [-0.3, -0.25) is 14.2 Å². The van der Waals surface area contributed by atoms with E-state index >= 15 is 0 Å². The largest absolute Gasteiger partial charge is 0.497 e. The minimum atomic E-state index is 0.00962. The Balaban J connectivity index is 1.38. The number of thiophene rings is 1. The van der Waals surface area contributed by atoms with Crippen LogP contribution in [-0.2, 0) is 13.0 Å². The van der Waals surface area contributed by atoms with Gasteiger partial charge in [0.2, 0.25) is 0 Å². The summed E-state index contributed by atoms with van der Waals surface area (Å²) in [6.45, 7) is 5.43. The van der Waals surface area contributed by atoms with Crippen LogP contribution in [0.25, 0.3) is 10.2 Å². The second kappa shape index (κ2) is 8.58. The lowest BCUT2D eigenvalue weighted by molar-refractivity contribution is 0.0751. The van der Waals surface area contributed by atoms with Gasteiger partial charge in [-0.15, -0.1) is 11.3 Å². The van der Waals surface area contributed by atoms with Gasteiger partial charge in [-0.2, -0.15) is 0 Å². The molecule has 3 aromatic rings. The molecule has 1 amide bonds. The van der Waals surface area contributed by atoms with E-state index in [9.17, 15) is 9.59 Å². The summed E-state index contributed by atoms with van der Waals surface area (Å²) in [7, 11) is 1.67. The molecule has 1 saturated heterocycles. The third-order valence-electron chi connectivity index (χ3n) is 6.59. The van der Waals surface area contributed by atoms with Crippen molar-refractivity contribution in [2.75, 3.05) is 38.2 Å². The standard InChI is InChI=1S/C24H28N4O3S/c1-16-20-22(25-19-9-4-3-5-10-28(19)23(20)29)32-21(16)24(30)27-13-11-26(12-14-27)17-7-6-8-18(15-17)31-2/h6-8,15H,3-5,9-14H2,1-2H3. The lowest BCUT2D eigenvalue weighted by Gasteiger charge is -2.36. The van der Waals surface area contributed by atoms with Crippen molar-refractivity contribution in [2.45, 2.75) is 39.2 Å². The van der Waals surface area contributed by atoms with Crippen LogP contribution in [0, 0.1) is 6.92 Å². The predicted octanol–water partition coefficient (Wildman–Crippen LogP) is 3.46. The van der Waals surface area contributed by atoms with E-state index < -0.39 is 0 Å². The average molecular weight is 453 g/mol. The van der Waals surface area contributed by atoms with Crippen molar-refractivity contribution in [1.29, 1.82) is 0 Å². The van der Waals surface area contributed by atoms with Gasteiger partial charge >= 0.3 is 0 Å². The molecule has 2 aliphatic heterocycles. The molecule has 1 fully saturated rings. The number of methoxy groups -OCH3 is 1. The van der Waals surface area contributed by atoms with E-state index in [1.165, 1.54) is 11.3 Å². The van der Waals surface area contributed by atoms with Crippen LogP contribution in [-0.4, -0.2) is 53.6 Å². The minimum Gasteiger partial charge on any atom is -0.497 e. The van der Waals surface area contributed by atoms with Crippen LogP contribution in [0.15, 0.2) is 29.1 Å². The molecule has 8 heteroatoms. The number of rotatable bonds is 3. The summed E-state index contributed by atoms with van der Waals surface area (Å²) in [6.07, 6.45) is 4.02. The molecule has 5 rings (SSSR count). The monoisotopic (exact) mass is 452 g/mol. The number of carbonyl (C=O) groups excluding carboxylic acids is 1. The number of fused-ring (bicyclic) bond motifs is 2. The maximum atomic E-state index is 13.4. The first kappa shape index (κ1) is 21.0. The molecule has 4 heterocycles. The SMILES string of the molecule is COc1cccc(N2CCN(C(=O)c3sc4nc5n(c(=O)c4c3C)CCCCC5)CC2)c1. The molecule has 1 aromatic carbocycles. The second-order valence-electron chi connectivity index (χ2n) is 8.51. The molecule has 0 atom stereocenters. The highest BCUT2D eigenvalue weighted by Crippen LogP contribution is 2.30. The van der Waals surface area contributed by atoms with Crippen LogP contribution in [0.2, 0.25) is 0 Å². The minimum absolute atomic E-state index is 0.00962. The molecular formula is C24H28N4O3S. The third-order valence-corrected chi connectivity index (χ3v) is 7.76. The van der Waals surface area contributed by atoms with Gasteiger partial charge in [0.05, 0.1) is 17.4 Å². The fourth-order valence-corrected chi connectivity index (χ4v) is 5.89. The summed E-state index contributed by atoms with van der Waals surface area (Å²) in [6, 6.07) is 8.01. The summed E-state index contributed by atoms with van der Waals surface area (Å²) >= 11 is 1.38. The van der Waals surface area contributed by atoms with Crippen molar-refractivity contribution in [3.05, 3.63) is 50.9 Å². The molecule has 2 aliphatic rings. The summed E-state index contributed by atoms with van der Waals surface area (Å²) < 4.78 is 7.16. The number of nitrogens with zero attached hydrogens (tertiary/aromatic N) is 4. The predicted molar refractivity (Wildman–Crippen MR) is 127 cm³/mol. The van der Waals surface area contributed by atoms with E-state index in [2.05, 4.69) is 11.0 Å². The lowest BCUT2D eigenvalue weighted by Crippen LogP contribution is -2.48. The van der Waals surface area contributed by atoms with Gasteiger partial charge in [0.15, 0.2) is 0 Å². The Labute approximate surface area is 191 Å². The number of hydrogen-bond donors (Lipinski definition) is 0. The van der Waals surface area contributed by atoms with Crippen molar-refractivity contribution in [3.8, 4) is 5.75 Å². The molecule has 0 spiro atoms. The van der Waals surface area contributed by atoms with Gasteiger partial charge < -0.3 is 14.5 Å². The first-order valence-corrected chi connectivity index (χ1v) is 12.1. The number of hydrogen-bond acceptors (Lipinski definition) is 6. The van der Waals surface area contributed by atoms with E-state index in [1.54, 1.807) is 7.11 Å². The van der Waals surface area contributed by atoms with Crippen molar-refractivity contribution < 1.29 is 9.53 Å². The Hall–Kier alpha value is -2.87. The first-order chi connectivity index (χ1) is 15.6. The van der Waals surface area contributed by atoms with Crippen molar-refractivity contribution >= 4 is 33.1 Å². The topological polar surface area (TPSA) is 67.7 Å². The Morgan fingerprint density at radius 1 is 1.09 bits per heavy atom. The number of piperazine rings is 1. The number of benzene rings is 1. The van der Waals surface area contributed by atoms with E-state index in [1.807, 2.05) is 34.6 Å². The Bertz CT molecular complexity index is 1220. The Morgan fingerprint density at radius 2 is 1.91 bits per heavy atom. The summed E-state index contributed by atoms with van der Waals surface area (Å²) in [4.78, 5) is 36.9. The van der Waals surface area contributed by atoms with Crippen LogP contribution < -0.4 is 15.2 Å². The molecule has 0 radical (unpaired) electrons. The van der Waals surface area contributed by atoms with E-state index in [0.29, 0.717) is 28.2 Å². The van der Waals surface area contributed by atoms with Gasteiger partial charge in [0, 0.05) is 50.9 Å². The maximum Gasteiger partial charge on any atom is 0.264 e. The van der Waals surface area contributed by atoms with Crippen LogP contribution in [0.3, 0.4) is 0 Å². The number of aromatic nitrogens is 2. The van der Waals surface area contributed by atoms with Crippen LogP contribution in [0.1, 0.15) is 40.3 Å². The number of amides is 1. The smallest absolute Gasteiger partial charge is 0.264 e. The highest BCUT2D eigenvalue weighted by atomic mass is 32.1. The van der Waals surface area contributed by atoms with Gasteiger partial charge in [0.25, 0.3) is 11.5 Å². The zero-order chi connectivity index (χ0) is 22.2. The third kappa shape index (κ3) is 3.66. The molecule has 0 unspecified atom stereocenters. The van der Waals surface area contributed by atoms with Gasteiger partial charge in [0.1, 0.15) is 16.4 Å². The quantitative estimate of drug-likeness (QED) is 0.609. The van der Waals surface area contributed by atoms with Gasteiger partial charge in [-0.25, -0.2) is 4.98 Å². The highest BCUT2D eigenvalue weighted by molar-refractivity contribution is 7.20. The zero-order valence-corrected chi connectivity index (χ0v) is 19.4. The second-order valence-corrected chi connectivity index (χ2v) is 9.51. The normalized spacial score (nSPS) is 16.7. The number of anilines is 1. The fourth-order valence-electron chi connectivity index (χ4n) is 4.73. The van der Waals surface area contributed by atoms with Crippen molar-refractivity contribution in [1.82, 2.24) is 14.5 Å². The average Bonchev–Trinajstić information content (AvgIpc) is 2.99. The summed E-state index contributed by atoms with van der Waals surface area (Å²) in [5.41, 5.74) is 1.90. The molecule has 7 nitrogen and oxygen atoms in total. The highest BCUT2D eigenvalue weighted by Gasteiger charge is 2.27. The summed E-state index contributed by atoms with van der Waals surface area (Å²) in [5.74, 6) is 1.71.